The van der Waals surface area contributed by atoms with Crippen LogP contribution in [-0.2, 0) is 0 Å². The van der Waals surface area contributed by atoms with E-state index in [1.165, 1.54) is 18.5 Å². The van der Waals surface area contributed by atoms with Crippen molar-refractivity contribution < 1.29 is 4.74 Å². The molecule has 1 rings (SSSR count). The molecule has 1 aromatic carbocycles. The molecule has 3 heteroatoms. The molecule has 0 aliphatic carbocycles. The summed E-state index contributed by atoms with van der Waals surface area (Å²) in [6.07, 6.45) is 2.43. The van der Waals surface area contributed by atoms with Gasteiger partial charge in [-0.05, 0) is 24.0 Å². The second-order valence-corrected chi connectivity index (χ2v) is 6.65. The van der Waals surface area contributed by atoms with Crippen molar-refractivity contribution in [1.82, 2.24) is 5.32 Å². The van der Waals surface area contributed by atoms with Crippen molar-refractivity contribution in [3.05, 3.63) is 24.3 Å². The Morgan fingerprint density at radius 2 is 2.05 bits per heavy atom. The maximum atomic E-state index is 5.32. The zero-order valence-electron chi connectivity index (χ0n) is 14.6. The Hall–Kier alpha value is -1.22. The van der Waals surface area contributed by atoms with Gasteiger partial charge < -0.3 is 15.0 Å². The number of benzene rings is 1. The maximum absolute atomic E-state index is 5.32. The fraction of sp³-hybridized carbons (Fsp3) is 0.667. The zero-order valence-corrected chi connectivity index (χ0v) is 14.6. The van der Waals surface area contributed by atoms with E-state index in [1.54, 1.807) is 7.11 Å². The van der Waals surface area contributed by atoms with Crippen molar-refractivity contribution in [3.63, 3.8) is 0 Å². The Bertz CT molecular complexity index is 419. The van der Waals surface area contributed by atoms with Crippen LogP contribution in [0.3, 0.4) is 0 Å². The first-order valence-electron chi connectivity index (χ1n) is 7.99. The number of rotatable bonds is 9. The Balaban J connectivity index is 2.76. The van der Waals surface area contributed by atoms with Gasteiger partial charge in [0.05, 0.1) is 7.11 Å². The average Bonchev–Trinajstić information content (AvgIpc) is 2.45. The van der Waals surface area contributed by atoms with Crippen molar-refractivity contribution in [2.75, 3.05) is 32.1 Å². The van der Waals surface area contributed by atoms with E-state index in [9.17, 15) is 0 Å². The van der Waals surface area contributed by atoms with E-state index in [-0.39, 0.29) is 5.41 Å². The molecule has 21 heavy (non-hydrogen) atoms. The van der Waals surface area contributed by atoms with Crippen LogP contribution in [0.1, 0.15) is 40.5 Å². The Labute approximate surface area is 130 Å². The second kappa shape index (κ2) is 8.28. The quantitative estimate of drug-likeness (QED) is 0.746. The van der Waals surface area contributed by atoms with Crippen LogP contribution in [0, 0.1) is 5.41 Å². The molecule has 0 saturated carbocycles. The summed E-state index contributed by atoms with van der Waals surface area (Å²) in [4.78, 5) is 2.33. The van der Waals surface area contributed by atoms with E-state index in [2.05, 4.69) is 57.1 Å². The molecule has 1 unspecified atom stereocenters. The van der Waals surface area contributed by atoms with Crippen molar-refractivity contribution in [3.8, 4) is 5.75 Å². The van der Waals surface area contributed by atoms with Crippen LogP contribution >= 0.6 is 0 Å². The van der Waals surface area contributed by atoms with E-state index in [4.69, 9.17) is 4.74 Å². The summed E-state index contributed by atoms with van der Waals surface area (Å²) in [5, 5.41) is 3.60. The largest absolute Gasteiger partial charge is 0.497 e. The van der Waals surface area contributed by atoms with Crippen LogP contribution in [0.2, 0.25) is 0 Å². The fourth-order valence-electron chi connectivity index (χ4n) is 2.79. The molecule has 0 fully saturated rings. The molecule has 3 nitrogen and oxygen atoms in total. The summed E-state index contributed by atoms with van der Waals surface area (Å²) in [6, 6.07) is 8.81. The molecule has 0 amide bonds. The third-order valence-corrected chi connectivity index (χ3v) is 3.90. The van der Waals surface area contributed by atoms with Crippen LogP contribution < -0.4 is 15.0 Å². The van der Waals surface area contributed by atoms with Crippen LogP contribution in [0.15, 0.2) is 24.3 Å². The molecule has 1 N–H and O–H groups in total. The van der Waals surface area contributed by atoms with Gasteiger partial charge in [0.1, 0.15) is 5.75 Å². The minimum atomic E-state index is 0.275. The topological polar surface area (TPSA) is 24.5 Å². The predicted octanol–water partition coefficient (Wildman–Crippen LogP) is 3.94. The van der Waals surface area contributed by atoms with Gasteiger partial charge in [-0.25, -0.2) is 0 Å². The molecular weight excluding hydrogens is 260 g/mol. The van der Waals surface area contributed by atoms with Gasteiger partial charge in [0, 0.05) is 37.9 Å². The van der Waals surface area contributed by atoms with Gasteiger partial charge in [-0.15, -0.1) is 0 Å². The van der Waals surface area contributed by atoms with Crippen LogP contribution in [-0.4, -0.2) is 33.3 Å². The van der Waals surface area contributed by atoms with Gasteiger partial charge in [0.25, 0.3) is 0 Å². The van der Waals surface area contributed by atoms with E-state index in [1.807, 2.05) is 12.1 Å². The molecule has 0 bridgehead atoms. The number of nitrogens with one attached hydrogen (secondary N) is 1. The number of hydrogen-bond acceptors (Lipinski definition) is 3. The highest BCUT2D eigenvalue weighted by Gasteiger charge is 2.25. The third kappa shape index (κ3) is 5.96. The standard InChI is InChI=1S/C18H32N2O/c1-7-11-18(4,13-19-15(2)3)14-20(5)16-9-8-10-17(12-16)21-6/h8-10,12,15,19H,7,11,13-14H2,1-6H3. The Morgan fingerprint density at radius 3 is 2.62 bits per heavy atom. The van der Waals surface area contributed by atoms with Crippen LogP contribution in [0.5, 0.6) is 5.75 Å². The van der Waals surface area contributed by atoms with E-state index in [0.29, 0.717) is 6.04 Å². The molecule has 1 atom stereocenters. The summed E-state index contributed by atoms with van der Waals surface area (Å²) >= 11 is 0. The first kappa shape index (κ1) is 17.8. The van der Waals surface area contributed by atoms with Gasteiger partial charge in [-0.2, -0.15) is 0 Å². The van der Waals surface area contributed by atoms with Crippen molar-refractivity contribution in [1.29, 1.82) is 0 Å². The van der Waals surface area contributed by atoms with Crippen LogP contribution in [0.25, 0.3) is 0 Å². The summed E-state index contributed by atoms with van der Waals surface area (Å²) in [5.74, 6) is 0.914. The summed E-state index contributed by atoms with van der Waals surface area (Å²) in [7, 11) is 3.88. The first-order chi connectivity index (χ1) is 9.90. The van der Waals surface area contributed by atoms with E-state index in [0.717, 1.165) is 18.8 Å². The lowest BCUT2D eigenvalue weighted by atomic mass is 9.84. The fourth-order valence-corrected chi connectivity index (χ4v) is 2.79. The van der Waals surface area contributed by atoms with Gasteiger partial charge in [-0.3, -0.25) is 0 Å². The van der Waals surface area contributed by atoms with Crippen LogP contribution in [0.4, 0.5) is 5.69 Å². The highest BCUT2D eigenvalue weighted by molar-refractivity contribution is 5.50. The molecule has 0 radical (unpaired) electrons. The summed E-state index contributed by atoms with van der Waals surface area (Å²) in [6.45, 7) is 11.1. The normalized spacial score (nSPS) is 14.0. The van der Waals surface area contributed by atoms with Crippen molar-refractivity contribution >= 4 is 5.69 Å². The van der Waals surface area contributed by atoms with Crippen molar-refractivity contribution in [2.45, 2.75) is 46.6 Å². The lowest BCUT2D eigenvalue weighted by Gasteiger charge is -2.36. The highest BCUT2D eigenvalue weighted by Crippen LogP contribution is 2.27. The second-order valence-electron chi connectivity index (χ2n) is 6.65. The molecule has 120 valence electrons. The molecule has 0 aromatic heterocycles. The van der Waals surface area contributed by atoms with Gasteiger partial charge >= 0.3 is 0 Å². The lowest BCUT2D eigenvalue weighted by molar-refractivity contribution is 0.275. The minimum Gasteiger partial charge on any atom is -0.497 e. The third-order valence-electron chi connectivity index (χ3n) is 3.90. The minimum absolute atomic E-state index is 0.275. The summed E-state index contributed by atoms with van der Waals surface area (Å²) in [5.41, 5.74) is 1.48. The monoisotopic (exact) mass is 292 g/mol. The number of hydrogen-bond donors (Lipinski definition) is 1. The van der Waals surface area contributed by atoms with E-state index < -0.39 is 0 Å². The molecular formula is C18H32N2O. The SMILES string of the molecule is CCCC(C)(CNC(C)C)CN(C)c1cccc(OC)c1. The highest BCUT2D eigenvalue weighted by atomic mass is 16.5. The smallest absolute Gasteiger partial charge is 0.120 e. The van der Waals surface area contributed by atoms with E-state index >= 15 is 0 Å². The lowest BCUT2D eigenvalue weighted by Crippen LogP contribution is -2.43. The zero-order chi connectivity index (χ0) is 15.9. The molecule has 0 aliphatic heterocycles. The number of methoxy groups -OCH3 is 1. The molecule has 0 heterocycles. The van der Waals surface area contributed by atoms with Gasteiger partial charge in [-0.1, -0.05) is 40.2 Å². The van der Waals surface area contributed by atoms with Gasteiger partial charge in [0.2, 0.25) is 0 Å². The van der Waals surface area contributed by atoms with Gasteiger partial charge in [0.15, 0.2) is 0 Å². The average molecular weight is 292 g/mol. The molecule has 0 spiro atoms. The Morgan fingerprint density at radius 1 is 1.33 bits per heavy atom. The maximum Gasteiger partial charge on any atom is 0.120 e. The Kier molecular flexibility index (Phi) is 7.03. The summed E-state index contributed by atoms with van der Waals surface area (Å²) < 4.78 is 5.32. The molecule has 1 aromatic rings. The number of anilines is 1. The molecule has 0 saturated heterocycles. The predicted molar refractivity (Wildman–Crippen MR) is 92.4 cm³/mol. The van der Waals surface area contributed by atoms with Crippen molar-refractivity contribution in [2.24, 2.45) is 5.41 Å². The first-order valence-corrected chi connectivity index (χ1v) is 7.99. The number of ether oxygens (including phenoxy) is 1. The number of nitrogens with zero attached hydrogens (tertiary/aromatic N) is 1. The molecule has 0 aliphatic rings.